The smallest absolute Gasteiger partial charge is 0.355 e. The van der Waals surface area contributed by atoms with E-state index >= 15 is 0 Å². The predicted octanol–water partition coefficient (Wildman–Crippen LogP) is 7.46. The molecule has 1 amide bonds. The Bertz CT molecular complexity index is 2720. The summed E-state index contributed by atoms with van der Waals surface area (Å²) in [5.41, 5.74) is 13.1. The van der Waals surface area contributed by atoms with E-state index in [1.807, 2.05) is 104 Å². The molecule has 0 spiro atoms. The number of thiazole rings is 2. The summed E-state index contributed by atoms with van der Waals surface area (Å²) in [7, 11) is 0. The minimum atomic E-state index is -0.980. The number of hydrogen-bond acceptors (Lipinski definition) is 11. The molecular formula is C44H44N10O3S2. The van der Waals surface area contributed by atoms with Gasteiger partial charge in [-0.2, -0.15) is 0 Å². The van der Waals surface area contributed by atoms with Crippen LogP contribution in [0.1, 0.15) is 44.9 Å². The molecule has 2 aliphatic heterocycles. The van der Waals surface area contributed by atoms with Gasteiger partial charge in [0.25, 0.3) is 5.91 Å². The number of rotatable bonds is 7. The quantitative estimate of drug-likeness (QED) is 0.147. The second kappa shape index (κ2) is 17.6. The molecule has 2 saturated heterocycles. The van der Waals surface area contributed by atoms with Crippen LogP contribution in [-0.2, 0) is 0 Å². The van der Waals surface area contributed by atoms with Gasteiger partial charge in [0.1, 0.15) is 15.7 Å². The second-order valence-electron chi connectivity index (χ2n) is 14.5. The van der Waals surface area contributed by atoms with Crippen LogP contribution >= 0.6 is 22.7 Å². The first-order valence-electron chi connectivity index (χ1n) is 19.4. The number of carbonyl (C=O) groups is 2. The molecule has 2 aromatic carbocycles. The number of fused-ring (bicyclic) bond motifs is 2. The summed E-state index contributed by atoms with van der Waals surface area (Å²) in [5.74, 6) is 0.924. The van der Waals surface area contributed by atoms with Crippen molar-refractivity contribution in [1.82, 2.24) is 34.1 Å². The normalized spacial score (nSPS) is 16.1. The van der Waals surface area contributed by atoms with Gasteiger partial charge >= 0.3 is 5.97 Å². The highest BCUT2D eigenvalue weighted by molar-refractivity contribution is 7.13. The van der Waals surface area contributed by atoms with Crippen LogP contribution in [0.25, 0.3) is 32.2 Å². The van der Waals surface area contributed by atoms with E-state index in [-0.39, 0.29) is 17.6 Å². The molecular weight excluding hydrogens is 781 g/mol. The van der Waals surface area contributed by atoms with E-state index in [0.717, 1.165) is 94.0 Å². The number of anilines is 2. The van der Waals surface area contributed by atoms with Crippen molar-refractivity contribution in [3.05, 3.63) is 143 Å². The van der Waals surface area contributed by atoms with Gasteiger partial charge in [-0.15, -0.1) is 22.7 Å². The van der Waals surface area contributed by atoms with Crippen molar-refractivity contribution in [1.29, 1.82) is 0 Å². The summed E-state index contributed by atoms with van der Waals surface area (Å²) in [6.07, 6.45) is 13.6. The number of aromatic nitrogens is 6. The number of benzene rings is 2. The van der Waals surface area contributed by atoms with Crippen molar-refractivity contribution < 1.29 is 14.7 Å². The summed E-state index contributed by atoms with van der Waals surface area (Å²) >= 11 is 2.86. The van der Waals surface area contributed by atoms with Crippen molar-refractivity contribution in [2.24, 2.45) is 5.73 Å². The number of hydrogen-bond donors (Lipinski definition) is 3. The van der Waals surface area contributed by atoms with Crippen molar-refractivity contribution in [2.45, 2.75) is 38.8 Å². The summed E-state index contributed by atoms with van der Waals surface area (Å²) in [6.45, 7) is 7.59. The van der Waals surface area contributed by atoms with E-state index < -0.39 is 5.97 Å². The summed E-state index contributed by atoms with van der Waals surface area (Å²) < 4.78 is 4.16. The largest absolute Gasteiger partial charge is 0.476 e. The van der Waals surface area contributed by atoms with Gasteiger partial charge in [0.05, 0.1) is 11.0 Å². The molecule has 0 unspecified atom stereocenters. The first-order chi connectivity index (χ1) is 28.7. The highest BCUT2D eigenvalue weighted by atomic mass is 32.1. The highest BCUT2D eigenvalue weighted by Gasteiger charge is 2.27. The molecule has 2 fully saturated rings. The molecule has 15 heteroatoms. The number of nitrogens with one attached hydrogen (secondary N) is 1. The van der Waals surface area contributed by atoms with E-state index in [0.29, 0.717) is 11.7 Å². The molecule has 6 aromatic heterocycles. The van der Waals surface area contributed by atoms with Crippen molar-refractivity contribution >= 4 is 57.2 Å². The van der Waals surface area contributed by atoms with Crippen molar-refractivity contribution in [2.75, 3.05) is 36.0 Å². The van der Waals surface area contributed by atoms with Crippen LogP contribution in [0.15, 0.2) is 121 Å². The zero-order chi connectivity index (χ0) is 40.9. The van der Waals surface area contributed by atoms with E-state index in [1.165, 1.54) is 22.7 Å². The Labute approximate surface area is 349 Å². The molecule has 0 saturated carbocycles. The Kier molecular flexibility index (Phi) is 11.8. The molecule has 4 N–H and O–H groups in total. The van der Waals surface area contributed by atoms with Gasteiger partial charge in [0, 0.05) is 97.3 Å². The third-order valence-electron chi connectivity index (χ3n) is 10.4. The number of aryl methyl sites for hydroxylation is 2. The van der Waals surface area contributed by atoms with Crippen LogP contribution in [0.4, 0.5) is 11.6 Å². The lowest BCUT2D eigenvalue weighted by Gasteiger charge is -2.18. The zero-order valence-corrected chi connectivity index (χ0v) is 34.3. The molecule has 0 bridgehead atoms. The average molecular weight is 825 g/mol. The topological polar surface area (TPSA) is 159 Å². The molecule has 8 heterocycles. The molecule has 10 rings (SSSR count). The maximum absolute atomic E-state index is 12.7. The first-order valence-corrected chi connectivity index (χ1v) is 21.1. The predicted molar refractivity (Wildman–Crippen MR) is 235 cm³/mol. The van der Waals surface area contributed by atoms with Crippen LogP contribution < -0.4 is 20.9 Å². The molecule has 300 valence electrons. The molecule has 0 aliphatic carbocycles. The van der Waals surface area contributed by atoms with Gasteiger partial charge in [0.15, 0.2) is 17.3 Å². The monoisotopic (exact) mass is 824 g/mol. The zero-order valence-electron chi connectivity index (χ0n) is 32.7. The number of carbonyl (C=O) groups excluding carboxylic acids is 1. The molecule has 2 atom stereocenters. The molecule has 8 aromatic rings. The minimum Gasteiger partial charge on any atom is -0.476 e. The summed E-state index contributed by atoms with van der Waals surface area (Å²) in [6, 6.07) is 24.5. The van der Waals surface area contributed by atoms with Gasteiger partial charge in [-0.05, 0) is 62.1 Å². The number of amides is 1. The average Bonchev–Trinajstić information content (AvgIpc) is 4.10. The standard InChI is InChI=1S/C22H21N5OS.C11H14N4.C11H9NO2S/c1-15-5-2-3-6-17(15)22-25-18(14-29-22)21(28)24-16-8-11-27(13-16)20-19-7-4-10-26(19)12-9-23-20;12-9-3-6-15(8-9)11-10-2-1-5-14(10)7-4-13-11;1-7-4-2-3-5-8(7)10-12-9(6-15-10)11(13)14/h2-7,9-10,12,14,16H,8,11,13H2,1H3,(H,24,28);1-2,4-5,7,9H,3,6,8,12H2;2-6H,1H3,(H,13,14)/t16-;9-;/m00./s1. The molecule has 59 heavy (non-hydrogen) atoms. The Morgan fingerprint density at radius 2 is 1.22 bits per heavy atom. The fourth-order valence-corrected chi connectivity index (χ4v) is 9.10. The first kappa shape index (κ1) is 39.4. The third kappa shape index (κ3) is 8.87. The van der Waals surface area contributed by atoms with Gasteiger partial charge in [-0.1, -0.05) is 48.5 Å². The lowest BCUT2D eigenvalue weighted by molar-refractivity contribution is 0.0691. The van der Waals surface area contributed by atoms with Crippen LogP contribution in [0.3, 0.4) is 0 Å². The fraction of sp³-hybridized carbons (Fsp3) is 0.227. The van der Waals surface area contributed by atoms with Crippen molar-refractivity contribution in [3.8, 4) is 21.1 Å². The Balaban J connectivity index is 0.000000136. The second-order valence-corrected chi connectivity index (χ2v) is 16.2. The van der Waals surface area contributed by atoms with Crippen LogP contribution in [0.2, 0.25) is 0 Å². The minimum absolute atomic E-state index is 0.0862. The molecule has 13 nitrogen and oxygen atoms in total. The number of nitrogens with two attached hydrogens (primary N) is 1. The number of carboxylic acids is 1. The van der Waals surface area contributed by atoms with E-state index in [4.69, 9.17) is 10.8 Å². The lowest BCUT2D eigenvalue weighted by Crippen LogP contribution is -2.37. The molecule has 0 radical (unpaired) electrons. The number of carboxylic acid groups (broad SMARTS) is 1. The highest BCUT2D eigenvalue weighted by Crippen LogP contribution is 2.29. The van der Waals surface area contributed by atoms with Gasteiger partial charge in [0.2, 0.25) is 0 Å². The number of nitrogens with zero attached hydrogens (tertiary/aromatic N) is 8. The fourth-order valence-electron chi connectivity index (χ4n) is 7.33. The molecule has 2 aliphatic rings. The maximum atomic E-state index is 12.7. The summed E-state index contributed by atoms with van der Waals surface area (Å²) in [4.78, 5) is 45.6. The van der Waals surface area contributed by atoms with Gasteiger partial charge in [-0.3, -0.25) is 4.79 Å². The van der Waals surface area contributed by atoms with Crippen molar-refractivity contribution in [3.63, 3.8) is 0 Å². The lowest BCUT2D eigenvalue weighted by atomic mass is 10.1. The number of aromatic carboxylic acids is 1. The van der Waals surface area contributed by atoms with Gasteiger partial charge < -0.3 is 34.8 Å². The Morgan fingerprint density at radius 1 is 0.695 bits per heavy atom. The van der Waals surface area contributed by atoms with Crippen LogP contribution in [-0.4, -0.2) is 84.0 Å². The van der Waals surface area contributed by atoms with E-state index in [2.05, 4.69) is 69.0 Å². The maximum Gasteiger partial charge on any atom is 0.355 e. The SMILES string of the molecule is Cc1ccccc1-c1nc(C(=O)N[C@H]2CCN(c3nccn4cccc34)C2)cs1.Cc1ccccc1-c1nc(C(=O)O)cs1.N[C@H]1CCN(c2nccn3cccc23)C1. The Hall–Kier alpha value is -6.42. The third-order valence-corrected chi connectivity index (χ3v) is 12.2. The summed E-state index contributed by atoms with van der Waals surface area (Å²) in [5, 5.41) is 16.9. The van der Waals surface area contributed by atoms with Crippen LogP contribution in [0.5, 0.6) is 0 Å². The Morgan fingerprint density at radius 3 is 1.75 bits per heavy atom. The van der Waals surface area contributed by atoms with E-state index in [9.17, 15) is 9.59 Å². The van der Waals surface area contributed by atoms with Gasteiger partial charge in [-0.25, -0.2) is 24.7 Å². The van der Waals surface area contributed by atoms with Crippen LogP contribution in [0, 0.1) is 13.8 Å². The van der Waals surface area contributed by atoms with E-state index in [1.54, 1.807) is 5.38 Å².